The van der Waals surface area contributed by atoms with Gasteiger partial charge in [0.15, 0.2) is 6.54 Å². The molecule has 7 heteroatoms. The molecule has 1 aromatic rings. The van der Waals surface area contributed by atoms with Crippen molar-refractivity contribution in [3.8, 4) is 0 Å². The summed E-state index contributed by atoms with van der Waals surface area (Å²) in [4.78, 5) is 13.9. The number of quaternary nitrogens is 1. The Bertz CT molecular complexity index is 712. The zero-order chi connectivity index (χ0) is 18.6. The lowest BCUT2D eigenvalue weighted by molar-refractivity contribution is -0.920. The summed E-state index contributed by atoms with van der Waals surface area (Å²) in [7, 11) is -3.42. The average molecular weight is 381 g/mol. The topological polar surface area (TPSA) is 70.9 Å². The van der Waals surface area contributed by atoms with Crippen molar-refractivity contribution in [2.24, 2.45) is 0 Å². The van der Waals surface area contributed by atoms with Crippen LogP contribution >= 0.6 is 0 Å². The van der Waals surface area contributed by atoms with Gasteiger partial charge >= 0.3 is 0 Å². The summed E-state index contributed by atoms with van der Waals surface area (Å²) >= 11 is 0. The molecular formula is C19H30N3O3S+. The van der Waals surface area contributed by atoms with Crippen molar-refractivity contribution in [2.75, 3.05) is 31.5 Å². The highest BCUT2D eigenvalue weighted by Crippen LogP contribution is 2.21. The molecule has 2 fully saturated rings. The number of carbonyl (C=O) groups is 1. The molecular weight excluding hydrogens is 350 g/mol. The molecule has 2 aliphatic heterocycles. The second-order valence-corrected chi connectivity index (χ2v) is 9.46. The van der Waals surface area contributed by atoms with Crippen LogP contribution < -0.4 is 10.2 Å². The van der Waals surface area contributed by atoms with Crippen LogP contribution in [0.5, 0.6) is 0 Å². The number of hydrogen-bond donors (Lipinski definition) is 2. The van der Waals surface area contributed by atoms with Gasteiger partial charge in [-0.25, -0.2) is 8.42 Å². The normalized spacial score (nSPS) is 25.0. The molecule has 2 saturated heterocycles. The molecule has 26 heavy (non-hydrogen) atoms. The number of piperidine rings is 2. The predicted molar refractivity (Wildman–Crippen MR) is 102 cm³/mol. The zero-order valence-electron chi connectivity index (χ0n) is 15.5. The fraction of sp³-hybridized carbons (Fsp3) is 0.632. The lowest BCUT2D eigenvalue weighted by Gasteiger charge is -2.29. The SMILES string of the molecule is C[C@H]1CCCC[NH+]1CC(=O)Nc1ccc(S(=O)(=O)N2CCCCC2)cc1. The molecule has 0 spiro atoms. The van der Waals surface area contributed by atoms with Gasteiger partial charge in [-0.2, -0.15) is 4.31 Å². The Morgan fingerprint density at radius 2 is 1.81 bits per heavy atom. The van der Waals surface area contributed by atoms with Crippen molar-refractivity contribution in [2.45, 2.75) is 56.4 Å². The maximum absolute atomic E-state index is 12.7. The Balaban J connectivity index is 1.59. The van der Waals surface area contributed by atoms with Gasteiger partial charge in [0.25, 0.3) is 5.91 Å². The number of sulfonamides is 1. The number of nitrogens with one attached hydrogen (secondary N) is 2. The fourth-order valence-electron chi connectivity index (χ4n) is 3.89. The highest BCUT2D eigenvalue weighted by atomic mass is 32.2. The Labute approximate surface area is 156 Å². The molecule has 144 valence electrons. The van der Waals surface area contributed by atoms with E-state index < -0.39 is 10.0 Å². The first-order valence-electron chi connectivity index (χ1n) is 9.71. The van der Waals surface area contributed by atoms with E-state index in [4.69, 9.17) is 0 Å². The van der Waals surface area contributed by atoms with E-state index in [-0.39, 0.29) is 5.91 Å². The quantitative estimate of drug-likeness (QED) is 0.808. The second kappa shape index (κ2) is 8.50. The summed E-state index contributed by atoms with van der Waals surface area (Å²) in [5.74, 6) is -0.0135. The third-order valence-electron chi connectivity index (χ3n) is 5.56. The number of amides is 1. The molecule has 2 atom stereocenters. The second-order valence-electron chi connectivity index (χ2n) is 7.52. The van der Waals surface area contributed by atoms with Gasteiger partial charge in [0.2, 0.25) is 10.0 Å². The van der Waals surface area contributed by atoms with Crippen LogP contribution in [0.15, 0.2) is 29.2 Å². The van der Waals surface area contributed by atoms with E-state index in [0.717, 1.165) is 25.8 Å². The minimum absolute atomic E-state index is 0.0135. The largest absolute Gasteiger partial charge is 0.325 e. The third-order valence-corrected chi connectivity index (χ3v) is 7.47. The lowest BCUT2D eigenvalue weighted by Crippen LogP contribution is -3.17. The Kier molecular flexibility index (Phi) is 6.32. The molecule has 1 aromatic carbocycles. The van der Waals surface area contributed by atoms with Gasteiger partial charge in [-0.1, -0.05) is 6.42 Å². The molecule has 2 N–H and O–H groups in total. The van der Waals surface area contributed by atoms with Crippen LogP contribution in [0, 0.1) is 0 Å². The van der Waals surface area contributed by atoms with E-state index in [9.17, 15) is 13.2 Å². The average Bonchev–Trinajstić information content (AvgIpc) is 2.65. The van der Waals surface area contributed by atoms with Gasteiger partial charge in [0.05, 0.1) is 17.5 Å². The number of benzene rings is 1. The molecule has 2 aliphatic rings. The first kappa shape index (κ1) is 19.3. The summed E-state index contributed by atoms with van der Waals surface area (Å²) in [6.07, 6.45) is 6.53. The smallest absolute Gasteiger partial charge is 0.279 e. The maximum Gasteiger partial charge on any atom is 0.279 e. The lowest BCUT2D eigenvalue weighted by atomic mass is 10.0. The minimum atomic E-state index is -3.42. The summed E-state index contributed by atoms with van der Waals surface area (Å²) in [6, 6.07) is 7.07. The van der Waals surface area contributed by atoms with Gasteiger partial charge in [-0.15, -0.1) is 0 Å². The first-order chi connectivity index (χ1) is 12.5. The van der Waals surface area contributed by atoms with Crippen molar-refractivity contribution in [1.82, 2.24) is 4.31 Å². The number of anilines is 1. The number of rotatable bonds is 5. The van der Waals surface area contributed by atoms with E-state index in [2.05, 4.69) is 12.2 Å². The van der Waals surface area contributed by atoms with Gasteiger partial charge in [-0.3, -0.25) is 4.79 Å². The van der Waals surface area contributed by atoms with Gasteiger partial charge in [0.1, 0.15) is 0 Å². The van der Waals surface area contributed by atoms with E-state index in [1.54, 1.807) is 28.6 Å². The maximum atomic E-state index is 12.7. The van der Waals surface area contributed by atoms with Crippen molar-refractivity contribution >= 4 is 21.6 Å². The van der Waals surface area contributed by atoms with Crippen molar-refractivity contribution in [1.29, 1.82) is 0 Å². The van der Waals surface area contributed by atoms with Gasteiger partial charge in [0, 0.05) is 18.8 Å². The molecule has 6 nitrogen and oxygen atoms in total. The standard InChI is InChI=1S/C19H29N3O3S/c1-16-7-3-6-12-21(16)15-19(23)20-17-8-10-18(11-9-17)26(24,25)22-13-4-2-5-14-22/h8-11,16H,2-7,12-15H2,1H3,(H,20,23)/p+1/t16-/m0/s1. The summed E-state index contributed by atoms with van der Waals surface area (Å²) in [5.41, 5.74) is 0.650. The molecule has 0 radical (unpaired) electrons. The summed E-state index contributed by atoms with van der Waals surface area (Å²) in [6.45, 7) is 4.90. The minimum Gasteiger partial charge on any atom is -0.325 e. The Morgan fingerprint density at radius 1 is 1.12 bits per heavy atom. The van der Waals surface area contributed by atoms with Crippen LogP contribution in [0.3, 0.4) is 0 Å². The van der Waals surface area contributed by atoms with Crippen molar-refractivity contribution in [3.63, 3.8) is 0 Å². The zero-order valence-corrected chi connectivity index (χ0v) is 16.4. The molecule has 0 saturated carbocycles. The van der Waals surface area contributed by atoms with E-state index in [1.165, 1.54) is 24.2 Å². The van der Waals surface area contributed by atoms with E-state index in [1.807, 2.05) is 0 Å². The Morgan fingerprint density at radius 3 is 2.46 bits per heavy atom. The molecule has 0 aromatic heterocycles. The van der Waals surface area contributed by atoms with Crippen molar-refractivity contribution < 1.29 is 18.1 Å². The predicted octanol–water partition coefficient (Wildman–Crippen LogP) is 1.26. The van der Waals surface area contributed by atoms with Crippen LogP contribution in [0.2, 0.25) is 0 Å². The highest BCUT2D eigenvalue weighted by Gasteiger charge is 2.26. The van der Waals surface area contributed by atoms with Gasteiger partial charge < -0.3 is 10.2 Å². The molecule has 0 bridgehead atoms. The van der Waals surface area contributed by atoms with Crippen molar-refractivity contribution in [3.05, 3.63) is 24.3 Å². The molecule has 0 aliphatic carbocycles. The third kappa shape index (κ3) is 4.64. The molecule has 1 unspecified atom stereocenters. The van der Waals surface area contributed by atoms with Crippen LogP contribution in [-0.4, -0.2) is 50.9 Å². The number of likely N-dealkylation sites (tertiary alicyclic amines) is 1. The highest BCUT2D eigenvalue weighted by molar-refractivity contribution is 7.89. The summed E-state index contributed by atoms with van der Waals surface area (Å²) < 4.78 is 26.9. The fourth-order valence-corrected chi connectivity index (χ4v) is 5.41. The van der Waals surface area contributed by atoms with E-state index in [0.29, 0.717) is 36.3 Å². The van der Waals surface area contributed by atoms with Crippen LogP contribution in [0.4, 0.5) is 5.69 Å². The van der Waals surface area contributed by atoms with Crippen LogP contribution in [0.1, 0.15) is 45.4 Å². The van der Waals surface area contributed by atoms with E-state index >= 15 is 0 Å². The molecule has 1 amide bonds. The number of hydrogen-bond acceptors (Lipinski definition) is 3. The first-order valence-corrected chi connectivity index (χ1v) is 11.2. The number of nitrogens with zero attached hydrogens (tertiary/aromatic N) is 1. The van der Waals surface area contributed by atoms with Crippen LogP contribution in [-0.2, 0) is 14.8 Å². The summed E-state index contributed by atoms with van der Waals surface area (Å²) in [5, 5.41) is 2.90. The number of carbonyl (C=O) groups excluding carboxylic acids is 1. The monoisotopic (exact) mass is 380 g/mol. The van der Waals surface area contributed by atoms with Gasteiger partial charge in [-0.05, 0) is 63.3 Å². The van der Waals surface area contributed by atoms with Crippen LogP contribution in [0.25, 0.3) is 0 Å². The Hall–Kier alpha value is -1.44. The molecule has 3 rings (SSSR count). The molecule has 2 heterocycles.